The first-order valence-corrected chi connectivity index (χ1v) is 6.77. The number of ether oxygens (including phenoxy) is 2. The molecule has 3 rings (SSSR count). The van der Waals surface area contributed by atoms with Crippen LogP contribution >= 0.6 is 0 Å². The maximum absolute atomic E-state index is 5.80. The first-order valence-electron chi connectivity index (χ1n) is 6.77. The highest BCUT2D eigenvalue weighted by atomic mass is 16.7. The van der Waals surface area contributed by atoms with E-state index >= 15 is 0 Å². The Bertz CT molecular complexity index is 313. The van der Waals surface area contributed by atoms with Crippen molar-refractivity contribution in [3.05, 3.63) is 24.3 Å². The molecule has 2 bridgehead atoms. The van der Waals surface area contributed by atoms with E-state index in [4.69, 9.17) is 9.47 Å². The van der Waals surface area contributed by atoms with Gasteiger partial charge in [-0.2, -0.15) is 0 Å². The summed E-state index contributed by atoms with van der Waals surface area (Å²) >= 11 is 0. The Labute approximate surface area is 104 Å². The van der Waals surface area contributed by atoms with Crippen molar-refractivity contribution in [2.75, 3.05) is 14.2 Å². The highest BCUT2D eigenvalue weighted by molar-refractivity contribution is 5.23. The third kappa shape index (κ3) is 1.47. The maximum Gasteiger partial charge on any atom is 0.180 e. The standard InChI is InChI=1S/C15H22O2/c1-16-15(17-2)13-9-10-14(15)12-8-6-4-3-5-7-11(12)13/h3-4,9-14H,5-8H2,1-2H3/b4-3+/t11-,12-,13+,14+/m0/s1. The summed E-state index contributed by atoms with van der Waals surface area (Å²) in [7, 11) is 3.60. The van der Waals surface area contributed by atoms with Crippen LogP contribution in [0.15, 0.2) is 24.3 Å². The van der Waals surface area contributed by atoms with Gasteiger partial charge in [0, 0.05) is 26.1 Å². The molecule has 0 heterocycles. The Hall–Kier alpha value is -0.600. The molecule has 2 heteroatoms. The van der Waals surface area contributed by atoms with Crippen molar-refractivity contribution in [2.45, 2.75) is 31.5 Å². The van der Waals surface area contributed by atoms with Gasteiger partial charge in [0.15, 0.2) is 5.79 Å². The van der Waals surface area contributed by atoms with E-state index in [0.717, 1.165) is 11.8 Å². The van der Waals surface area contributed by atoms with Crippen LogP contribution in [0.2, 0.25) is 0 Å². The molecule has 94 valence electrons. The summed E-state index contributed by atoms with van der Waals surface area (Å²) in [6.45, 7) is 0. The Balaban J connectivity index is 1.92. The number of hydrogen-bond donors (Lipinski definition) is 0. The average Bonchev–Trinajstić information content (AvgIpc) is 2.78. The van der Waals surface area contributed by atoms with Crippen LogP contribution in [-0.2, 0) is 9.47 Å². The molecule has 0 amide bonds. The highest BCUT2D eigenvalue weighted by Gasteiger charge is 2.61. The minimum Gasteiger partial charge on any atom is -0.352 e. The lowest BCUT2D eigenvalue weighted by Crippen LogP contribution is -2.40. The van der Waals surface area contributed by atoms with Gasteiger partial charge in [0.1, 0.15) is 0 Å². The van der Waals surface area contributed by atoms with Crippen LogP contribution < -0.4 is 0 Å². The lowest BCUT2D eigenvalue weighted by atomic mass is 9.77. The number of hydrogen-bond acceptors (Lipinski definition) is 2. The zero-order valence-electron chi connectivity index (χ0n) is 10.8. The van der Waals surface area contributed by atoms with Crippen LogP contribution in [0.4, 0.5) is 0 Å². The van der Waals surface area contributed by atoms with Crippen LogP contribution in [0.1, 0.15) is 25.7 Å². The Morgan fingerprint density at radius 3 is 1.76 bits per heavy atom. The Morgan fingerprint density at radius 2 is 1.35 bits per heavy atom. The van der Waals surface area contributed by atoms with Gasteiger partial charge in [0.25, 0.3) is 0 Å². The Kier molecular flexibility index (Phi) is 2.87. The lowest BCUT2D eigenvalue weighted by Gasteiger charge is -2.32. The largest absolute Gasteiger partial charge is 0.352 e. The zero-order chi connectivity index (χ0) is 11.9. The van der Waals surface area contributed by atoms with Crippen LogP contribution in [-0.4, -0.2) is 20.0 Å². The van der Waals surface area contributed by atoms with Crippen LogP contribution in [0.25, 0.3) is 0 Å². The van der Waals surface area contributed by atoms with Crippen molar-refractivity contribution < 1.29 is 9.47 Å². The molecule has 2 nitrogen and oxygen atoms in total. The minimum absolute atomic E-state index is 0.361. The average molecular weight is 234 g/mol. The molecule has 0 aromatic carbocycles. The van der Waals surface area contributed by atoms with Gasteiger partial charge in [0.05, 0.1) is 0 Å². The van der Waals surface area contributed by atoms with Crippen molar-refractivity contribution >= 4 is 0 Å². The second-order valence-corrected chi connectivity index (χ2v) is 5.52. The number of rotatable bonds is 2. The SMILES string of the molecule is COC1(OC)[C@@H]2C=C[C@@H]1[C@H]1CC/C=C/CC[C@@H]12. The summed E-state index contributed by atoms with van der Waals surface area (Å²) < 4.78 is 11.6. The van der Waals surface area contributed by atoms with E-state index in [1.54, 1.807) is 14.2 Å². The van der Waals surface area contributed by atoms with Crippen LogP contribution in [0.3, 0.4) is 0 Å². The predicted octanol–water partition coefficient (Wildman–Crippen LogP) is 3.15. The van der Waals surface area contributed by atoms with E-state index in [0.29, 0.717) is 11.8 Å². The van der Waals surface area contributed by atoms with Gasteiger partial charge in [-0.15, -0.1) is 0 Å². The maximum atomic E-state index is 5.80. The smallest absolute Gasteiger partial charge is 0.180 e. The fraction of sp³-hybridized carbons (Fsp3) is 0.733. The summed E-state index contributed by atoms with van der Waals surface area (Å²) in [5.41, 5.74) is 0. The van der Waals surface area contributed by atoms with Gasteiger partial charge < -0.3 is 9.47 Å². The normalized spacial score (nSPS) is 44.1. The van der Waals surface area contributed by atoms with Gasteiger partial charge in [0.2, 0.25) is 0 Å². The molecule has 0 unspecified atom stereocenters. The molecule has 4 atom stereocenters. The summed E-state index contributed by atoms with van der Waals surface area (Å²) in [6.07, 6.45) is 14.3. The fourth-order valence-corrected chi connectivity index (χ4v) is 4.37. The molecule has 0 aliphatic heterocycles. The first kappa shape index (κ1) is 11.5. The first-order chi connectivity index (χ1) is 8.33. The zero-order valence-corrected chi connectivity index (χ0v) is 10.8. The minimum atomic E-state index is -0.361. The third-order valence-corrected chi connectivity index (χ3v) is 5.07. The highest BCUT2D eigenvalue weighted by Crippen LogP contribution is 2.59. The molecule has 0 aromatic heterocycles. The summed E-state index contributed by atoms with van der Waals surface area (Å²) in [4.78, 5) is 0. The van der Waals surface area contributed by atoms with Gasteiger partial charge in [-0.3, -0.25) is 0 Å². The quantitative estimate of drug-likeness (QED) is 0.540. The van der Waals surface area contributed by atoms with Gasteiger partial charge in [-0.1, -0.05) is 24.3 Å². The van der Waals surface area contributed by atoms with E-state index < -0.39 is 0 Å². The van der Waals surface area contributed by atoms with E-state index in [1.807, 2.05) is 0 Å². The van der Waals surface area contributed by atoms with Crippen molar-refractivity contribution in [1.29, 1.82) is 0 Å². The van der Waals surface area contributed by atoms with E-state index in [2.05, 4.69) is 24.3 Å². The third-order valence-electron chi connectivity index (χ3n) is 5.07. The summed E-state index contributed by atoms with van der Waals surface area (Å²) in [5, 5.41) is 0. The Morgan fingerprint density at radius 1 is 0.882 bits per heavy atom. The topological polar surface area (TPSA) is 18.5 Å². The number of fused-ring (bicyclic) bond motifs is 5. The van der Waals surface area contributed by atoms with Crippen molar-refractivity contribution in [1.82, 2.24) is 0 Å². The number of allylic oxidation sites excluding steroid dienone is 2. The molecule has 3 aliphatic carbocycles. The molecule has 0 spiro atoms. The molecule has 0 radical (unpaired) electrons. The fourth-order valence-electron chi connectivity index (χ4n) is 4.37. The molecule has 1 saturated carbocycles. The van der Waals surface area contributed by atoms with E-state index in [9.17, 15) is 0 Å². The molecule has 0 N–H and O–H groups in total. The molecule has 0 saturated heterocycles. The molecule has 17 heavy (non-hydrogen) atoms. The second-order valence-electron chi connectivity index (χ2n) is 5.52. The van der Waals surface area contributed by atoms with Gasteiger partial charge in [-0.25, -0.2) is 0 Å². The molecule has 3 aliphatic rings. The summed E-state index contributed by atoms with van der Waals surface area (Å²) in [5.74, 6) is 2.04. The molecular weight excluding hydrogens is 212 g/mol. The molecule has 1 fully saturated rings. The second kappa shape index (κ2) is 4.25. The van der Waals surface area contributed by atoms with E-state index in [1.165, 1.54) is 25.7 Å². The van der Waals surface area contributed by atoms with Crippen molar-refractivity contribution in [2.24, 2.45) is 23.7 Å². The molecule has 0 aromatic rings. The number of methoxy groups -OCH3 is 2. The summed E-state index contributed by atoms with van der Waals surface area (Å²) in [6, 6.07) is 0. The van der Waals surface area contributed by atoms with E-state index in [-0.39, 0.29) is 5.79 Å². The van der Waals surface area contributed by atoms with Gasteiger partial charge >= 0.3 is 0 Å². The lowest BCUT2D eigenvalue weighted by molar-refractivity contribution is -0.234. The van der Waals surface area contributed by atoms with Crippen molar-refractivity contribution in [3.63, 3.8) is 0 Å². The predicted molar refractivity (Wildman–Crippen MR) is 67.5 cm³/mol. The monoisotopic (exact) mass is 234 g/mol. The molecular formula is C15H22O2. The van der Waals surface area contributed by atoms with Crippen LogP contribution in [0, 0.1) is 23.7 Å². The van der Waals surface area contributed by atoms with Crippen molar-refractivity contribution in [3.8, 4) is 0 Å². The van der Waals surface area contributed by atoms with Crippen LogP contribution in [0.5, 0.6) is 0 Å². The van der Waals surface area contributed by atoms with Gasteiger partial charge in [-0.05, 0) is 37.5 Å².